The van der Waals surface area contributed by atoms with Gasteiger partial charge in [-0.05, 0) is 30.2 Å². The first-order chi connectivity index (χ1) is 10.1. The summed E-state index contributed by atoms with van der Waals surface area (Å²) in [6.45, 7) is 2.84. The van der Waals surface area contributed by atoms with Crippen molar-refractivity contribution in [3.63, 3.8) is 0 Å². The largest absolute Gasteiger partial charge is 0.396 e. The minimum atomic E-state index is 0.700. The van der Waals surface area contributed by atoms with E-state index < -0.39 is 0 Å². The Morgan fingerprint density at radius 3 is 2.52 bits per heavy atom. The van der Waals surface area contributed by atoms with Crippen LogP contribution in [0.4, 0.5) is 5.69 Å². The zero-order valence-corrected chi connectivity index (χ0v) is 13.3. The van der Waals surface area contributed by atoms with Crippen LogP contribution in [0.2, 0.25) is 0 Å². The summed E-state index contributed by atoms with van der Waals surface area (Å²) in [5.41, 5.74) is 11.2. The van der Waals surface area contributed by atoms with E-state index >= 15 is 0 Å². The van der Waals surface area contributed by atoms with Crippen LogP contribution >= 0.6 is 15.9 Å². The fourth-order valence-corrected chi connectivity index (χ4v) is 2.58. The maximum absolute atomic E-state index is 6.11. The summed E-state index contributed by atoms with van der Waals surface area (Å²) in [4.78, 5) is 0. The second-order valence-corrected chi connectivity index (χ2v) is 5.98. The van der Waals surface area contributed by atoms with Gasteiger partial charge in [0.1, 0.15) is 5.69 Å². The van der Waals surface area contributed by atoms with Gasteiger partial charge in [0.2, 0.25) is 0 Å². The predicted molar refractivity (Wildman–Crippen MR) is 90.1 cm³/mol. The van der Waals surface area contributed by atoms with Crippen LogP contribution in [0.3, 0.4) is 0 Å². The highest BCUT2D eigenvalue weighted by atomic mass is 79.9. The van der Waals surface area contributed by atoms with Crippen molar-refractivity contribution >= 4 is 21.6 Å². The van der Waals surface area contributed by atoms with Gasteiger partial charge in [0.25, 0.3) is 0 Å². The topological polar surface area (TPSA) is 43.8 Å². The molecule has 0 atom stereocenters. The molecular formula is C17H16BrN3. The fourth-order valence-electron chi connectivity index (χ4n) is 2.31. The van der Waals surface area contributed by atoms with E-state index in [2.05, 4.69) is 40.1 Å². The molecule has 3 rings (SSSR count). The number of hydrogen-bond donors (Lipinski definition) is 1. The van der Waals surface area contributed by atoms with E-state index in [1.165, 1.54) is 11.1 Å². The van der Waals surface area contributed by atoms with E-state index in [-0.39, 0.29) is 0 Å². The number of aryl methyl sites for hydroxylation is 1. The lowest BCUT2D eigenvalue weighted by Crippen LogP contribution is -2.02. The van der Waals surface area contributed by atoms with Crippen LogP contribution in [0.1, 0.15) is 11.1 Å². The Morgan fingerprint density at radius 1 is 1.10 bits per heavy atom. The lowest BCUT2D eigenvalue weighted by atomic mass is 10.1. The van der Waals surface area contributed by atoms with Gasteiger partial charge in [0.05, 0.1) is 12.2 Å². The first-order valence-corrected chi connectivity index (χ1v) is 7.56. The molecule has 1 heterocycles. The second kappa shape index (κ2) is 5.74. The van der Waals surface area contributed by atoms with Gasteiger partial charge in [-0.3, -0.25) is 4.68 Å². The molecule has 0 unspecified atom stereocenters. The van der Waals surface area contributed by atoms with Gasteiger partial charge in [-0.1, -0.05) is 52.3 Å². The molecule has 21 heavy (non-hydrogen) atoms. The summed E-state index contributed by atoms with van der Waals surface area (Å²) in [5.74, 6) is 0. The SMILES string of the molecule is Cc1ccccc1Cn1cc(N)c(-c2ccc(Br)cc2)n1. The van der Waals surface area contributed by atoms with Crippen LogP contribution in [-0.4, -0.2) is 9.78 Å². The summed E-state index contributed by atoms with van der Waals surface area (Å²) in [6.07, 6.45) is 1.89. The first kappa shape index (κ1) is 13.9. The van der Waals surface area contributed by atoms with Crippen LogP contribution in [0.25, 0.3) is 11.3 Å². The lowest BCUT2D eigenvalue weighted by Gasteiger charge is -2.05. The van der Waals surface area contributed by atoms with E-state index in [1.807, 2.05) is 47.3 Å². The molecule has 3 nitrogen and oxygen atoms in total. The van der Waals surface area contributed by atoms with Crippen molar-refractivity contribution in [1.82, 2.24) is 9.78 Å². The molecule has 2 aromatic carbocycles. The molecule has 3 aromatic rings. The monoisotopic (exact) mass is 341 g/mol. The molecule has 106 valence electrons. The molecule has 0 radical (unpaired) electrons. The summed E-state index contributed by atoms with van der Waals surface area (Å²) in [7, 11) is 0. The van der Waals surface area contributed by atoms with Crippen molar-refractivity contribution in [3.05, 3.63) is 70.3 Å². The number of benzene rings is 2. The highest BCUT2D eigenvalue weighted by molar-refractivity contribution is 9.10. The van der Waals surface area contributed by atoms with Gasteiger partial charge >= 0.3 is 0 Å². The van der Waals surface area contributed by atoms with Crippen LogP contribution < -0.4 is 5.73 Å². The van der Waals surface area contributed by atoms with Gasteiger partial charge in [0.15, 0.2) is 0 Å². The molecule has 0 aliphatic carbocycles. The Hall–Kier alpha value is -2.07. The molecule has 4 heteroatoms. The van der Waals surface area contributed by atoms with E-state index in [1.54, 1.807) is 0 Å². The third-order valence-corrected chi connectivity index (χ3v) is 4.03. The number of nitrogens with zero attached hydrogens (tertiary/aromatic N) is 2. The quantitative estimate of drug-likeness (QED) is 0.773. The van der Waals surface area contributed by atoms with E-state index in [4.69, 9.17) is 5.73 Å². The van der Waals surface area contributed by atoms with Crippen molar-refractivity contribution in [3.8, 4) is 11.3 Å². The minimum absolute atomic E-state index is 0.700. The zero-order chi connectivity index (χ0) is 14.8. The third kappa shape index (κ3) is 3.00. The maximum Gasteiger partial charge on any atom is 0.115 e. The van der Waals surface area contributed by atoms with Crippen LogP contribution in [0.5, 0.6) is 0 Å². The standard InChI is InChI=1S/C17H16BrN3/c1-12-4-2-3-5-14(12)10-21-11-16(19)17(20-21)13-6-8-15(18)9-7-13/h2-9,11H,10,19H2,1H3. The van der Waals surface area contributed by atoms with Crippen LogP contribution in [0, 0.1) is 6.92 Å². The number of aromatic nitrogens is 2. The van der Waals surface area contributed by atoms with Crippen LogP contribution in [-0.2, 0) is 6.54 Å². The van der Waals surface area contributed by atoms with Gasteiger partial charge in [0, 0.05) is 16.2 Å². The maximum atomic E-state index is 6.11. The normalized spacial score (nSPS) is 10.8. The Labute approximate surface area is 132 Å². The molecule has 0 fully saturated rings. The fraction of sp³-hybridized carbons (Fsp3) is 0.118. The van der Waals surface area contributed by atoms with E-state index in [9.17, 15) is 0 Å². The van der Waals surface area contributed by atoms with E-state index in [0.717, 1.165) is 22.3 Å². The summed E-state index contributed by atoms with van der Waals surface area (Å²) < 4.78 is 2.94. The lowest BCUT2D eigenvalue weighted by molar-refractivity contribution is 0.687. The Kier molecular flexibility index (Phi) is 3.80. The Morgan fingerprint density at radius 2 is 1.81 bits per heavy atom. The van der Waals surface area contributed by atoms with Gasteiger partial charge in [-0.15, -0.1) is 0 Å². The third-order valence-electron chi connectivity index (χ3n) is 3.50. The molecule has 0 aliphatic heterocycles. The average Bonchev–Trinajstić information content (AvgIpc) is 2.83. The molecule has 0 saturated carbocycles. The van der Waals surface area contributed by atoms with Gasteiger partial charge in [-0.2, -0.15) is 5.10 Å². The summed E-state index contributed by atoms with van der Waals surface area (Å²) in [6, 6.07) is 16.3. The van der Waals surface area contributed by atoms with Crippen molar-refractivity contribution < 1.29 is 0 Å². The number of nitrogens with two attached hydrogens (primary N) is 1. The molecule has 0 aliphatic rings. The van der Waals surface area contributed by atoms with Gasteiger partial charge < -0.3 is 5.73 Å². The highest BCUT2D eigenvalue weighted by Gasteiger charge is 2.09. The Bertz CT molecular complexity index is 760. The smallest absolute Gasteiger partial charge is 0.115 e. The second-order valence-electron chi connectivity index (χ2n) is 5.06. The van der Waals surface area contributed by atoms with Crippen molar-refractivity contribution in [1.29, 1.82) is 0 Å². The molecule has 0 bridgehead atoms. The van der Waals surface area contributed by atoms with Crippen molar-refractivity contribution in [2.45, 2.75) is 13.5 Å². The molecular weight excluding hydrogens is 326 g/mol. The molecule has 0 amide bonds. The highest BCUT2D eigenvalue weighted by Crippen LogP contribution is 2.25. The molecule has 0 spiro atoms. The predicted octanol–water partition coefficient (Wildman–Crippen LogP) is 4.25. The van der Waals surface area contributed by atoms with Crippen molar-refractivity contribution in [2.75, 3.05) is 5.73 Å². The van der Waals surface area contributed by atoms with E-state index in [0.29, 0.717) is 5.69 Å². The number of rotatable bonds is 3. The zero-order valence-electron chi connectivity index (χ0n) is 11.8. The molecule has 2 N–H and O–H groups in total. The summed E-state index contributed by atoms with van der Waals surface area (Å²) >= 11 is 3.44. The van der Waals surface area contributed by atoms with Crippen LogP contribution in [0.15, 0.2) is 59.2 Å². The summed E-state index contributed by atoms with van der Waals surface area (Å²) in [5, 5.41) is 4.62. The number of nitrogen functional groups attached to an aromatic ring is 1. The average molecular weight is 342 g/mol. The first-order valence-electron chi connectivity index (χ1n) is 6.77. The molecule has 1 aromatic heterocycles. The van der Waals surface area contributed by atoms with Crippen molar-refractivity contribution in [2.24, 2.45) is 0 Å². The number of anilines is 1. The molecule has 0 saturated heterocycles. The Balaban J connectivity index is 1.91. The number of hydrogen-bond acceptors (Lipinski definition) is 2. The number of halogens is 1. The van der Waals surface area contributed by atoms with Gasteiger partial charge in [-0.25, -0.2) is 0 Å². The minimum Gasteiger partial charge on any atom is -0.396 e.